The first-order valence-electron chi connectivity index (χ1n) is 9.49. The third-order valence-corrected chi connectivity index (χ3v) is 4.59. The van der Waals surface area contributed by atoms with Crippen molar-refractivity contribution in [2.45, 2.75) is 19.6 Å². The molecule has 29 heavy (non-hydrogen) atoms. The Morgan fingerprint density at radius 1 is 0.931 bits per heavy atom. The molecule has 1 amide bonds. The standard InChI is InChI=1S/C24H21N3O2/c1-17(24(28)26-15-18-7-3-2-4-8-18)29-20-13-11-19(12-14-20)23-16-25-21-9-5-6-10-22(21)27-23/h2-14,16-17H,15H2,1H3,(H,26,28)/t17-/m1/s1. The summed E-state index contributed by atoms with van der Waals surface area (Å²) in [5, 5.41) is 2.89. The molecule has 0 saturated heterocycles. The molecule has 1 N–H and O–H groups in total. The third kappa shape index (κ3) is 4.58. The zero-order valence-corrected chi connectivity index (χ0v) is 16.1. The van der Waals surface area contributed by atoms with Crippen LogP contribution in [-0.4, -0.2) is 22.0 Å². The number of benzene rings is 3. The Hall–Kier alpha value is -3.73. The molecule has 0 saturated carbocycles. The van der Waals surface area contributed by atoms with E-state index in [0.717, 1.165) is 27.9 Å². The highest BCUT2D eigenvalue weighted by Crippen LogP contribution is 2.22. The van der Waals surface area contributed by atoms with E-state index in [4.69, 9.17) is 4.74 Å². The number of carbonyl (C=O) groups excluding carboxylic acids is 1. The molecule has 0 fully saturated rings. The van der Waals surface area contributed by atoms with Crippen LogP contribution in [0.25, 0.3) is 22.3 Å². The maximum absolute atomic E-state index is 12.3. The van der Waals surface area contributed by atoms with Gasteiger partial charge < -0.3 is 10.1 Å². The number of nitrogens with zero attached hydrogens (tertiary/aromatic N) is 2. The average Bonchev–Trinajstić information content (AvgIpc) is 2.78. The van der Waals surface area contributed by atoms with Gasteiger partial charge in [-0.05, 0) is 48.9 Å². The van der Waals surface area contributed by atoms with Crippen molar-refractivity contribution in [2.24, 2.45) is 0 Å². The van der Waals surface area contributed by atoms with Crippen LogP contribution < -0.4 is 10.1 Å². The van der Waals surface area contributed by atoms with Crippen LogP contribution in [0.15, 0.2) is 85.1 Å². The lowest BCUT2D eigenvalue weighted by Crippen LogP contribution is -2.35. The van der Waals surface area contributed by atoms with Gasteiger partial charge in [-0.1, -0.05) is 42.5 Å². The van der Waals surface area contributed by atoms with Gasteiger partial charge in [0.05, 0.1) is 22.9 Å². The van der Waals surface area contributed by atoms with Crippen molar-refractivity contribution < 1.29 is 9.53 Å². The maximum Gasteiger partial charge on any atom is 0.261 e. The molecule has 3 aromatic carbocycles. The van der Waals surface area contributed by atoms with Crippen LogP contribution in [0.3, 0.4) is 0 Å². The molecule has 1 aromatic heterocycles. The van der Waals surface area contributed by atoms with E-state index in [1.54, 1.807) is 13.1 Å². The van der Waals surface area contributed by atoms with Crippen LogP contribution in [0.1, 0.15) is 12.5 Å². The lowest BCUT2D eigenvalue weighted by molar-refractivity contribution is -0.127. The molecule has 4 aromatic rings. The van der Waals surface area contributed by atoms with Gasteiger partial charge in [-0.25, -0.2) is 4.98 Å². The summed E-state index contributed by atoms with van der Waals surface area (Å²) in [7, 11) is 0. The third-order valence-electron chi connectivity index (χ3n) is 4.59. The second-order valence-electron chi connectivity index (χ2n) is 6.73. The summed E-state index contributed by atoms with van der Waals surface area (Å²) in [6, 6.07) is 25.1. The highest BCUT2D eigenvalue weighted by Gasteiger charge is 2.14. The lowest BCUT2D eigenvalue weighted by Gasteiger charge is -2.15. The molecule has 0 aliphatic carbocycles. The molecule has 5 nitrogen and oxygen atoms in total. The summed E-state index contributed by atoms with van der Waals surface area (Å²) in [6.07, 6.45) is 1.17. The average molecular weight is 383 g/mol. The van der Waals surface area contributed by atoms with Gasteiger partial charge in [0.1, 0.15) is 5.75 Å². The molecule has 144 valence electrons. The fourth-order valence-electron chi connectivity index (χ4n) is 2.99. The molecule has 0 aliphatic heterocycles. The molecule has 1 heterocycles. The topological polar surface area (TPSA) is 64.1 Å². The number of ether oxygens (including phenoxy) is 1. The smallest absolute Gasteiger partial charge is 0.261 e. The van der Waals surface area contributed by atoms with Crippen LogP contribution in [0.5, 0.6) is 5.75 Å². The lowest BCUT2D eigenvalue weighted by atomic mass is 10.1. The summed E-state index contributed by atoms with van der Waals surface area (Å²) in [5.74, 6) is 0.475. The Balaban J connectivity index is 1.38. The van der Waals surface area contributed by atoms with Crippen LogP contribution >= 0.6 is 0 Å². The van der Waals surface area contributed by atoms with E-state index in [2.05, 4.69) is 15.3 Å². The number of para-hydroxylation sites is 2. The van der Waals surface area contributed by atoms with Gasteiger partial charge in [0.15, 0.2) is 6.10 Å². The number of aromatic nitrogens is 2. The summed E-state index contributed by atoms with van der Waals surface area (Å²) < 4.78 is 5.78. The summed E-state index contributed by atoms with van der Waals surface area (Å²) in [6.45, 7) is 2.22. The SMILES string of the molecule is C[C@@H](Oc1ccc(-c2cnc3ccccc3n2)cc1)C(=O)NCc1ccccc1. The predicted octanol–water partition coefficient (Wildman–Crippen LogP) is 4.38. The number of nitrogens with one attached hydrogen (secondary N) is 1. The zero-order chi connectivity index (χ0) is 20.1. The number of hydrogen-bond donors (Lipinski definition) is 1. The van der Waals surface area contributed by atoms with Crippen LogP contribution in [-0.2, 0) is 11.3 Å². The maximum atomic E-state index is 12.3. The number of rotatable bonds is 6. The largest absolute Gasteiger partial charge is 0.481 e. The van der Waals surface area contributed by atoms with Crippen molar-refractivity contribution >= 4 is 16.9 Å². The van der Waals surface area contributed by atoms with Gasteiger partial charge in [0, 0.05) is 12.1 Å². The van der Waals surface area contributed by atoms with E-state index in [1.165, 1.54) is 0 Å². The number of fused-ring (bicyclic) bond motifs is 1. The van der Waals surface area contributed by atoms with E-state index in [9.17, 15) is 4.79 Å². The fourth-order valence-corrected chi connectivity index (χ4v) is 2.99. The monoisotopic (exact) mass is 383 g/mol. The molecule has 0 unspecified atom stereocenters. The molecule has 0 spiro atoms. The minimum Gasteiger partial charge on any atom is -0.481 e. The summed E-state index contributed by atoms with van der Waals surface area (Å²) >= 11 is 0. The molecule has 1 atom stereocenters. The molecular formula is C24H21N3O2. The zero-order valence-electron chi connectivity index (χ0n) is 16.1. The molecular weight excluding hydrogens is 362 g/mol. The minimum atomic E-state index is -0.593. The van der Waals surface area contributed by atoms with Gasteiger partial charge in [0.2, 0.25) is 0 Å². The van der Waals surface area contributed by atoms with E-state index in [0.29, 0.717) is 12.3 Å². The molecule has 5 heteroatoms. The van der Waals surface area contributed by atoms with Crippen molar-refractivity contribution in [3.63, 3.8) is 0 Å². The van der Waals surface area contributed by atoms with Crippen molar-refractivity contribution in [2.75, 3.05) is 0 Å². The number of hydrogen-bond acceptors (Lipinski definition) is 4. The first kappa shape index (κ1) is 18.6. The minimum absolute atomic E-state index is 0.154. The van der Waals surface area contributed by atoms with E-state index in [1.807, 2.05) is 78.9 Å². The molecule has 0 radical (unpaired) electrons. The van der Waals surface area contributed by atoms with Gasteiger partial charge in [0.25, 0.3) is 5.91 Å². The van der Waals surface area contributed by atoms with Gasteiger partial charge in [-0.2, -0.15) is 0 Å². The van der Waals surface area contributed by atoms with Gasteiger partial charge >= 0.3 is 0 Å². The first-order valence-corrected chi connectivity index (χ1v) is 9.49. The summed E-state index contributed by atoms with van der Waals surface area (Å²) in [5.41, 5.74) is 4.51. The van der Waals surface area contributed by atoms with Crippen molar-refractivity contribution in [3.05, 3.63) is 90.6 Å². The Kier molecular flexibility index (Phi) is 5.47. The quantitative estimate of drug-likeness (QED) is 0.537. The van der Waals surface area contributed by atoms with E-state index in [-0.39, 0.29) is 5.91 Å². The molecule has 0 bridgehead atoms. The van der Waals surface area contributed by atoms with Crippen LogP contribution in [0.4, 0.5) is 0 Å². The molecule has 0 aliphatic rings. The Bertz CT molecular complexity index is 1110. The number of carbonyl (C=O) groups is 1. The normalized spacial score (nSPS) is 11.8. The van der Waals surface area contributed by atoms with E-state index < -0.39 is 6.10 Å². The van der Waals surface area contributed by atoms with Crippen molar-refractivity contribution in [1.82, 2.24) is 15.3 Å². The van der Waals surface area contributed by atoms with Gasteiger partial charge in [-0.15, -0.1) is 0 Å². The van der Waals surface area contributed by atoms with Gasteiger partial charge in [-0.3, -0.25) is 9.78 Å². The van der Waals surface area contributed by atoms with Crippen LogP contribution in [0.2, 0.25) is 0 Å². The Morgan fingerprint density at radius 2 is 1.62 bits per heavy atom. The van der Waals surface area contributed by atoms with Crippen LogP contribution in [0, 0.1) is 0 Å². The second-order valence-corrected chi connectivity index (χ2v) is 6.73. The van der Waals surface area contributed by atoms with Crippen molar-refractivity contribution in [3.8, 4) is 17.0 Å². The highest BCUT2D eigenvalue weighted by molar-refractivity contribution is 5.80. The highest BCUT2D eigenvalue weighted by atomic mass is 16.5. The predicted molar refractivity (Wildman–Crippen MR) is 113 cm³/mol. The van der Waals surface area contributed by atoms with E-state index >= 15 is 0 Å². The Morgan fingerprint density at radius 3 is 2.38 bits per heavy atom. The van der Waals surface area contributed by atoms with Crippen molar-refractivity contribution in [1.29, 1.82) is 0 Å². The summed E-state index contributed by atoms with van der Waals surface area (Å²) in [4.78, 5) is 21.4. The Labute approximate surface area is 169 Å². The number of amides is 1. The second kappa shape index (κ2) is 8.52. The first-order chi connectivity index (χ1) is 14.2. The fraction of sp³-hybridized carbons (Fsp3) is 0.125. The molecule has 4 rings (SSSR count).